The molecule has 0 saturated carbocycles. The lowest BCUT2D eigenvalue weighted by Crippen LogP contribution is -2.09. The lowest BCUT2D eigenvalue weighted by molar-refractivity contribution is 0.474. The van der Waals surface area contributed by atoms with Gasteiger partial charge in [0, 0.05) is 0 Å². The van der Waals surface area contributed by atoms with Crippen LogP contribution in [0.25, 0.3) is 0 Å². The van der Waals surface area contributed by atoms with Gasteiger partial charge in [0.25, 0.3) is 0 Å². The number of hydrogen-bond acceptors (Lipinski definition) is 2. The molecule has 0 spiro atoms. The second kappa shape index (κ2) is 6.03. The summed E-state index contributed by atoms with van der Waals surface area (Å²) in [5.41, 5.74) is 1.17. The summed E-state index contributed by atoms with van der Waals surface area (Å²) in [5, 5.41) is 12.1. The lowest BCUT2D eigenvalue weighted by Gasteiger charge is -2.00. The van der Waals surface area contributed by atoms with Gasteiger partial charge in [0.05, 0.1) is 0 Å². The zero-order valence-corrected chi connectivity index (χ0v) is 8.79. The highest BCUT2D eigenvalue weighted by atomic mass is 79.9. The van der Waals surface area contributed by atoms with Crippen molar-refractivity contribution >= 4 is 17.0 Å². The summed E-state index contributed by atoms with van der Waals surface area (Å²) >= 11 is 0. The minimum atomic E-state index is 0. The first-order valence-electron chi connectivity index (χ1n) is 3.75. The third-order valence-corrected chi connectivity index (χ3v) is 1.57. The van der Waals surface area contributed by atoms with Crippen LogP contribution in [0.3, 0.4) is 0 Å². The van der Waals surface area contributed by atoms with Crippen molar-refractivity contribution < 1.29 is 5.11 Å². The molecule has 0 aromatic heterocycles. The fourth-order valence-corrected chi connectivity index (χ4v) is 0.981. The fraction of sp³-hybridized carbons (Fsp3) is 0.333. The van der Waals surface area contributed by atoms with Crippen molar-refractivity contribution in [2.75, 3.05) is 13.6 Å². The van der Waals surface area contributed by atoms with Gasteiger partial charge in [-0.2, -0.15) is 0 Å². The molecule has 0 heterocycles. The average Bonchev–Trinajstić information content (AvgIpc) is 2.01. The van der Waals surface area contributed by atoms with E-state index in [9.17, 15) is 0 Å². The molecule has 12 heavy (non-hydrogen) atoms. The Hall–Kier alpha value is -0.540. The summed E-state index contributed by atoms with van der Waals surface area (Å²) in [5.74, 6) is 0.346. The molecule has 1 aromatic carbocycles. The summed E-state index contributed by atoms with van der Waals surface area (Å²) in [6.45, 7) is 0.948. The van der Waals surface area contributed by atoms with E-state index >= 15 is 0 Å². The van der Waals surface area contributed by atoms with E-state index in [0.29, 0.717) is 5.75 Å². The Labute approximate surface area is 83.4 Å². The Balaban J connectivity index is 0.00000121. The topological polar surface area (TPSA) is 32.3 Å². The van der Waals surface area contributed by atoms with Crippen molar-refractivity contribution in [3.8, 4) is 5.75 Å². The molecule has 0 aliphatic rings. The maximum atomic E-state index is 9.09. The highest BCUT2D eigenvalue weighted by Gasteiger charge is 1.92. The molecular formula is C9H14BrNO. The number of phenols is 1. The first kappa shape index (κ1) is 11.5. The zero-order chi connectivity index (χ0) is 8.10. The third-order valence-electron chi connectivity index (χ3n) is 1.57. The largest absolute Gasteiger partial charge is 0.508 e. The second-order valence-corrected chi connectivity index (χ2v) is 2.52. The van der Waals surface area contributed by atoms with Crippen LogP contribution in [-0.2, 0) is 6.42 Å². The molecule has 0 aliphatic heterocycles. The zero-order valence-electron chi connectivity index (χ0n) is 7.08. The number of rotatable bonds is 3. The van der Waals surface area contributed by atoms with Crippen molar-refractivity contribution in [3.63, 3.8) is 0 Å². The van der Waals surface area contributed by atoms with Gasteiger partial charge < -0.3 is 10.4 Å². The van der Waals surface area contributed by atoms with Gasteiger partial charge in [-0.15, -0.1) is 17.0 Å². The SMILES string of the molecule is Br.CNCCc1cccc(O)c1. The van der Waals surface area contributed by atoms with Crippen molar-refractivity contribution in [1.82, 2.24) is 5.32 Å². The van der Waals surface area contributed by atoms with E-state index in [0.717, 1.165) is 13.0 Å². The molecule has 0 unspecified atom stereocenters. The van der Waals surface area contributed by atoms with E-state index in [1.165, 1.54) is 5.56 Å². The quantitative estimate of drug-likeness (QED) is 0.831. The number of benzene rings is 1. The molecule has 0 radical (unpaired) electrons. The summed E-state index contributed by atoms with van der Waals surface area (Å²) in [6.07, 6.45) is 0.963. The number of halogens is 1. The average molecular weight is 232 g/mol. The van der Waals surface area contributed by atoms with Crippen LogP contribution in [0.15, 0.2) is 24.3 Å². The van der Waals surface area contributed by atoms with Gasteiger partial charge in [0.2, 0.25) is 0 Å². The molecule has 3 heteroatoms. The van der Waals surface area contributed by atoms with Crippen LogP contribution in [0.5, 0.6) is 5.75 Å². The summed E-state index contributed by atoms with van der Waals surface area (Å²) in [6, 6.07) is 7.34. The molecule has 1 aromatic rings. The third kappa shape index (κ3) is 3.74. The van der Waals surface area contributed by atoms with Gasteiger partial charge in [-0.25, -0.2) is 0 Å². The molecule has 2 nitrogen and oxygen atoms in total. The fourth-order valence-electron chi connectivity index (χ4n) is 0.981. The highest BCUT2D eigenvalue weighted by molar-refractivity contribution is 8.93. The molecule has 2 N–H and O–H groups in total. The number of aromatic hydroxyl groups is 1. The molecule has 0 bridgehead atoms. The summed E-state index contributed by atoms with van der Waals surface area (Å²) in [4.78, 5) is 0. The first-order chi connectivity index (χ1) is 5.33. The van der Waals surface area contributed by atoms with E-state index in [1.807, 2.05) is 19.2 Å². The Morgan fingerprint density at radius 3 is 2.75 bits per heavy atom. The Bertz CT molecular complexity index is 228. The van der Waals surface area contributed by atoms with Gasteiger partial charge in [0.15, 0.2) is 0 Å². The van der Waals surface area contributed by atoms with Gasteiger partial charge >= 0.3 is 0 Å². The van der Waals surface area contributed by atoms with Gasteiger partial charge in [-0.1, -0.05) is 12.1 Å². The van der Waals surface area contributed by atoms with E-state index in [4.69, 9.17) is 5.11 Å². The second-order valence-electron chi connectivity index (χ2n) is 2.52. The Morgan fingerprint density at radius 1 is 1.42 bits per heavy atom. The van der Waals surface area contributed by atoms with Crippen LogP contribution >= 0.6 is 17.0 Å². The number of likely N-dealkylation sites (N-methyl/N-ethyl adjacent to an activating group) is 1. The van der Waals surface area contributed by atoms with Gasteiger partial charge in [-0.05, 0) is 37.7 Å². The minimum Gasteiger partial charge on any atom is -0.508 e. The molecular weight excluding hydrogens is 218 g/mol. The van der Waals surface area contributed by atoms with E-state index in [2.05, 4.69) is 5.32 Å². The van der Waals surface area contributed by atoms with Crippen molar-refractivity contribution in [2.45, 2.75) is 6.42 Å². The normalized spacial score (nSPS) is 9.08. The molecule has 0 aliphatic carbocycles. The molecule has 1 rings (SSSR count). The van der Waals surface area contributed by atoms with Crippen molar-refractivity contribution in [3.05, 3.63) is 29.8 Å². The predicted octanol–water partition coefficient (Wildman–Crippen LogP) is 1.73. The van der Waals surface area contributed by atoms with Crippen LogP contribution < -0.4 is 5.32 Å². The standard InChI is InChI=1S/C9H13NO.BrH/c1-10-6-5-8-3-2-4-9(11)7-8;/h2-4,7,10-11H,5-6H2,1H3;1H. The predicted molar refractivity (Wildman–Crippen MR) is 56.1 cm³/mol. The number of nitrogens with one attached hydrogen (secondary N) is 1. The van der Waals surface area contributed by atoms with Crippen LogP contribution in [0, 0.1) is 0 Å². The van der Waals surface area contributed by atoms with Crippen LogP contribution in [0.4, 0.5) is 0 Å². The monoisotopic (exact) mass is 231 g/mol. The highest BCUT2D eigenvalue weighted by Crippen LogP contribution is 2.10. The smallest absolute Gasteiger partial charge is 0.115 e. The van der Waals surface area contributed by atoms with Crippen molar-refractivity contribution in [2.24, 2.45) is 0 Å². The molecule has 0 fully saturated rings. The van der Waals surface area contributed by atoms with E-state index in [1.54, 1.807) is 12.1 Å². The number of phenolic OH excluding ortho intramolecular Hbond substituents is 1. The van der Waals surface area contributed by atoms with Crippen LogP contribution in [0.2, 0.25) is 0 Å². The number of hydrogen-bond donors (Lipinski definition) is 2. The van der Waals surface area contributed by atoms with Gasteiger partial charge in [0.1, 0.15) is 5.75 Å². The molecule has 0 amide bonds. The van der Waals surface area contributed by atoms with Crippen molar-refractivity contribution in [1.29, 1.82) is 0 Å². The maximum absolute atomic E-state index is 9.09. The lowest BCUT2D eigenvalue weighted by atomic mass is 10.1. The Morgan fingerprint density at radius 2 is 2.17 bits per heavy atom. The molecule has 0 atom stereocenters. The van der Waals surface area contributed by atoms with E-state index in [-0.39, 0.29) is 17.0 Å². The minimum absolute atomic E-state index is 0. The molecule has 0 saturated heterocycles. The first-order valence-corrected chi connectivity index (χ1v) is 3.75. The molecule has 68 valence electrons. The van der Waals surface area contributed by atoms with Crippen LogP contribution in [-0.4, -0.2) is 18.7 Å². The summed E-state index contributed by atoms with van der Waals surface area (Å²) in [7, 11) is 1.92. The van der Waals surface area contributed by atoms with Gasteiger partial charge in [-0.3, -0.25) is 0 Å². The Kier molecular flexibility index (Phi) is 5.76. The summed E-state index contributed by atoms with van der Waals surface area (Å²) < 4.78 is 0. The maximum Gasteiger partial charge on any atom is 0.115 e. The van der Waals surface area contributed by atoms with Crippen LogP contribution in [0.1, 0.15) is 5.56 Å². The van der Waals surface area contributed by atoms with E-state index < -0.39 is 0 Å².